The van der Waals surface area contributed by atoms with Gasteiger partial charge in [-0.3, -0.25) is 0 Å². The van der Waals surface area contributed by atoms with Crippen LogP contribution < -0.4 is 15.7 Å². The normalized spacial score (nSPS) is 24.7. The van der Waals surface area contributed by atoms with E-state index in [4.69, 9.17) is 18.7 Å². The molecule has 4 atom stereocenters. The molecule has 8 heteroatoms. The molecule has 2 aromatic rings. The van der Waals surface area contributed by atoms with Gasteiger partial charge < -0.3 is 34.2 Å². The van der Waals surface area contributed by atoms with Gasteiger partial charge in [0.15, 0.2) is 0 Å². The number of ether oxygens (including phenoxy) is 2. The number of fused-ring (bicyclic) bond motifs is 1. The Labute approximate surface area is 156 Å². The van der Waals surface area contributed by atoms with Crippen LogP contribution in [0.5, 0.6) is 5.75 Å². The van der Waals surface area contributed by atoms with E-state index in [9.17, 15) is 15.0 Å². The van der Waals surface area contributed by atoms with Crippen LogP contribution in [0.4, 0.5) is 5.69 Å². The molecule has 2 heterocycles. The lowest BCUT2D eigenvalue weighted by molar-refractivity contribution is -0.228. The molecule has 27 heavy (non-hydrogen) atoms. The summed E-state index contributed by atoms with van der Waals surface area (Å²) >= 11 is 0. The van der Waals surface area contributed by atoms with Crippen LogP contribution in [-0.4, -0.2) is 48.1 Å². The number of aldehydes is 1. The second-order valence-electron chi connectivity index (χ2n) is 6.24. The summed E-state index contributed by atoms with van der Waals surface area (Å²) in [6.45, 7) is 4.94. The number of aryl methyl sites for hydroxylation is 1. The van der Waals surface area contributed by atoms with E-state index >= 15 is 0 Å². The van der Waals surface area contributed by atoms with Gasteiger partial charge in [-0.1, -0.05) is 0 Å². The molecule has 1 aromatic heterocycles. The first-order valence-corrected chi connectivity index (χ1v) is 8.65. The number of rotatable bonds is 3. The second-order valence-corrected chi connectivity index (χ2v) is 6.24. The summed E-state index contributed by atoms with van der Waals surface area (Å²) in [5.41, 5.74) is 0.983. The van der Waals surface area contributed by atoms with Crippen molar-refractivity contribution in [3.63, 3.8) is 0 Å². The van der Waals surface area contributed by atoms with E-state index in [0.717, 1.165) is 11.7 Å². The number of hydrogen-bond donors (Lipinski definition) is 3. The molecular formula is C19H25NO7. The number of nitrogens with one attached hydrogen (secondary N) is 1. The maximum absolute atomic E-state index is 11.9. The minimum atomic E-state index is -0.940. The first-order valence-electron chi connectivity index (χ1n) is 8.65. The summed E-state index contributed by atoms with van der Waals surface area (Å²) < 4.78 is 16.6. The highest BCUT2D eigenvalue weighted by molar-refractivity contribution is 5.84. The fraction of sp³-hybridized carbons (Fsp3) is 0.474. The number of aliphatic hydroxyl groups is 2. The molecule has 0 bridgehead atoms. The van der Waals surface area contributed by atoms with Gasteiger partial charge in [-0.25, -0.2) is 4.79 Å². The van der Waals surface area contributed by atoms with Gasteiger partial charge in [0.2, 0.25) is 6.29 Å². The molecule has 1 fully saturated rings. The molecule has 1 saturated heterocycles. The lowest BCUT2D eigenvalue weighted by Crippen LogP contribution is -2.48. The molecule has 0 radical (unpaired) electrons. The van der Waals surface area contributed by atoms with Crippen LogP contribution in [0.15, 0.2) is 27.4 Å². The Kier molecular flexibility index (Phi) is 6.95. The van der Waals surface area contributed by atoms with Crippen molar-refractivity contribution in [2.75, 3.05) is 12.4 Å². The van der Waals surface area contributed by atoms with Crippen LogP contribution in [-0.2, 0) is 9.53 Å². The third kappa shape index (κ3) is 4.65. The number of carbonyl (C=O) groups excluding carboxylic acids is 1. The number of benzene rings is 1. The van der Waals surface area contributed by atoms with E-state index in [1.807, 2.05) is 0 Å². The zero-order valence-electron chi connectivity index (χ0n) is 15.8. The van der Waals surface area contributed by atoms with Gasteiger partial charge in [0.25, 0.3) is 0 Å². The maximum atomic E-state index is 11.9. The molecular weight excluding hydrogens is 354 g/mol. The van der Waals surface area contributed by atoms with Crippen LogP contribution in [0.1, 0.15) is 25.8 Å². The lowest BCUT2D eigenvalue weighted by atomic mass is 10.0. The van der Waals surface area contributed by atoms with Crippen LogP contribution in [0, 0.1) is 6.92 Å². The van der Waals surface area contributed by atoms with Crippen LogP contribution in [0.25, 0.3) is 11.0 Å². The highest BCUT2D eigenvalue weighted by Gasteiger charge is 2.35. The van der Waals surface area contributed by atoms with Crippen molar-refractivity contribution >= 4 is 22.9 Å². The fourth-order valence-electron chi connectivity index (χ4n) is 2.78. The summed E-state index contributed by atoms with van der Waals surface area (Å²) in [6, 6.07) is 5.22. The van der Waals surface area contributed by atoms with Gasteiger partial charge >= 0.3 is 5.63 Å². The number of hydrogen-bond acceptors (Lipinski definition) is 8. The van der Waals surface area contributed by atoms with Crippen molar-refractivity contribution in [3.05, 3.63) is 34.2 Å². The van der Waals surface area contributed by atoms with Gasteiger partial charge in [0.1, 0.15) is 29.4 Å². The summed E-state index contributed by atoms with van der Waals surface area (Å²) in [5.74, 6) is 0.454. The average molecular weight is 379 g/mol. The SMILES string of the molecule is CC=O.CNc1cc2ccc(OC3O[C@@H](C)C(O)C[C@H]3O)c(C)c2oc1=O. The summed E-state index contributed by atoms with van der Waals surface area (Å²) in [6.07, 6.45) is -2.06. The summed E-state index contributed by atoms with van der Waals surface area (Å²) in [4.78, 5) is 20.7. The first kappa shape index (κ1) is 20.9. The number of anilines is 1. The Morgan fingerprint density at radius 2 is 1.96 bits per heavy atom. The third-order valence-electron chi connectivity index (χ3n) is 4.30. The number of aliphatic hydroxyl groups excluding tert-OH is 2. The Balaban J connectivity index is 0.000000817. The predicted molar refractivity (Wildman–Crippen MR) is 100 cm³/mol. The fourth-order valence-corrected chi connectivity index (χ4v) is 2.78. The molecule has 1 aliphatic rings. The molecule has 0 spiro atoms. The summed E-state index contributed by atoms with van der Waals surface area (Å²) in [7, 11) is 1.65. The highest BCUT2D eigenvalue weighted by atomic mass is 16.7. The highest BCUT2D eigenvalue weighted by Crippen LogP contribution is 2.30. The smallest absolute Gasteiger partial charge is 0.359 e. The molecule has 148 valence electrons. The molecule has 0 saturated carbocycles. The Morgan fingerprint density at radius 1 is 1.30 bits per heavy atom. The first-order chi connectivity index (χ1) is 12.8. The number of carbonyl (C=O) groups is 1. The van der Waals surface area contributed by atoms with E-state index < -0.39 is 30.2 Å². The minimum Gasteiger partial charge on any atom is -0.462 e. The van der Waals surface area contributed by atoms with Crippen molar-refractivity contribution in [2.45, 2.75) is 51.8 Å². The molecule has 3 N–H and O–H groups in total. The molecule has 3 rings (SSSR count). The van der Waals surface area contributed by atoms with Crippen LogP contribution in [0.3, 0.4) is 0 Å². The van der Waals surface area contributed by atoms with Crippen LogP contribution >= 0.6 is 0 Å². The lowest BCUT2D eigenvalue weighted by Gasteiger charge is -2.35. The molecule has 0 aliphatic carbocycles. The van der Waals surface area contributed by atoms with Gasteiger partial charge in [-0.15, -0.1) is 0 Å². The van der Waals surface area contributed by atoms with Gasteiger partial charge in [-0.2, -0.15) is 0 Å². The zero-order chi connectivity index (χ0) is 20.1. The Morgan fingerprint density at radius 3 is 2.59 bits per heavy atom. The van der Waals surface area contributed by atoms with Crippen molar-refractivity contribution < 1.29 is 28.9 Å². The largest absolute Gasteiger partial charge is 0.462 e. The van der Waals surface area contributed by atoms with Crippen LogP contribution in [0.2, 0.25) is 0 Å². The maximum Gasteiger partial charge on any atom is 0.359 e. The van der Waals surface area contributed by atoms with E-state index in [1.165, 1.54) is 6.92 Å². The van der Waals surface area contributed by atoms with E-state index in [1.54, 1.807) is 39.1 Å². The van der Waals surface area contributed by atoms with Gasteiger partial charge in [-0.05, 0) is 39.0 Å². The van der Waals surface area contributed by atoms with E-state index in [0.29, 0.717) is 22.6 Å². The Hall–Kier alpha value is -2.42. The monoisotopic (exact) mass is 379 g/mol. The minimum absolute atomic E-state index is 0.180. The van der Waals surface area contributed by atoms with Gasteiger partial charge in [0, 0.05) is 24.4 Å². The third-order valence-corrected chi connectivity index (χ3v) is 4.30. The van der Waals surface area contributed by atoms with Crippen molar-refractivity contribution in [1.29, 1.82) is 0 Å². The molecule has 0 amide bonds. The zero-order valence-corrected chi connectivity index (χ0v) is 15.8. The average Bonchev–Trinajstić information content (AvgIpc) is 2.62. The standard InChI is InChI=1S/C17H21NO6.C2H4O/c1-8-14(23-17-13(20)7-12(19)9(2)22-17)5-4-10-6-11(18-3)16(21)24-15(8)10;1-2-3/h4-6,9,12-13,17-20H,7H2,1-3H3;2H,1H3/t9-,12?,13+,17?;/m0./s1. The molecule has 2 unspecified atom stereocenters. The topological polar surface area (TPSA) is 118 Å². The van der Waals surface area contributed by atoms with E-state index in [-0.39, 0.29) is 6.42 Å². The predicted octanol–water partition coefficient (Wildman–Crippen LogP) is 1.58. The second kappa shape index (κ2) is 8.98. The van der Waals surface area contributed by atoms with Crippen molar-refractivity contribution in [2.24, 2.45) is 0 Å². The summed E-state index contributed by atoms with van der Waals surface area (Å²) in [5, 5.41) is 23.3. The molecule has 8 nitrogen and oxygen atoms in total. The molecule has 1 aliphatic heterocycles. The van der Waals surface area contributed by atoms with E-state index in [2.05, 4.69) is 5.32 Å². The molecule has 1 aromatic carbocycles. The van der Waals surface area contributed by atoms with Crippen molar-refractivity contribution in [3.8, 4) is 5.75 Å². The van der Waals surface area contributed by atoms with Crippen molar-refractivity contribution in [1.82, 2.24) is 0 Å². The van der Waals surface area contributed by atoms with Gasteiger partial charge in [0.05, 0.1) is 12.2 Å². The quantitative estimate of drug-likeness (QED) is 0.543. The Bertz CT molecular complexity index is 848.